The number of fused-ring (bicyclic) bond motifs is 1. The van der Waals surface area contributed by atoms with E-state index in [0.717, 1.165) is 23.4 Å². The first-order chi connectivity index (χ1) is 14.8. The number of ether oxygens (including phenoxy) is 2. The molecule has 0 radical (unpaired) electrons. The van der Waals surface area contributed by atoms with E-state index < -0.39 is 49.2 Å². The van der Waals surface area contributed by atoms with Gasteiger partial charge in [0.15, 0.2) is 23.9 Å². The van der Waals surface area contributed by atoms with Gasteiger partial charge in [-0.05, 0) is 30.9 Å². The third-order valence-corrected chi connectivity index (χ3v) is 4.50. The summed E-state index contributed by atoms with van der Waals surface area (Å²) in [5.41, 5.74) is -0.818. The van der Waals surface area contributed by atoms with Gasteiger partial charge in [-0.3, -0.25) is 4.98 Å². The second kappa shape index (κ2) is 9.86. The lowest BCUT2D eigenvalue weighted by atomic mass is 9.98. The minimum Gasteiger partial charge on any atom is -0.459 e. The van der Waals surface area contributed by atoms with Crippen molar-refractivity contribution in [1.82, 2.24) is 19.6 Å². The van der Waals surface area contributed by atoms with Crippen LogP contribution in [0.15, 0.2) is 35.2 Å². The highest BCUT2D eigenvalue weighted by Crippen LogP contribution is 2.35. The van der Waals surface area contributed by atoms with Crippen molar-refractivity contribution < 1.29 is 31.4 Å². The first-order valence-corrected chi connectivity index (χ1v) is 9.35. The molecule has 31 heavy (non-hydrogen) atoms. The van der Waals surface area contributed by atoms with Crippen molar-refractivity contribution in [3.05, 3.63) is 52.1 Å². The summed E-state index contributed by atoms with van der Waals surface area (Å²) in [5, 5.41) is 4.20. The minimum absolute atomic E-state index is 0.0572. The summed E-state index contributed by atoms with van der Waals surface area (Å²) in [6.07, 6.45) is 0.575. The molecule has 3 heterocycles. The van der Waals surface area contributed by atoms with Crippen molar-refractivity contribution in [3.63, 3.8) is 0 Å². The number of aromatic amines is 1. The van der Waals surface area contributed by atoms with Crippen molar-refractivity contribution in [2.75, 3.05) is 19.9 Å². The molecule has 1 N–H and O–H groups in total. The fourth-order valence-corrected chi connectivity index (χ4v) is 3.12. The van der Waals surface area contributed by atoms with Crippen LogP contribution in [-0.4, -0.2) is 45.9 Å². The molecule has 1 saturated heterocycles. The number of H-pyrrole nitrogens is 1. The molecule has 0 amide bonds. The third-order valence-electron chi connectivity index (χ3n) is 4.50. The molecule has 0 aliphatic carbocycles. The molecular formula is C19H19F5N4O3. The van der Waals surface area contributed by atoms with Crippen LogP contribution in [0.2, 0.25) is 0 Å². The Balaban J connectivity index is 2.24. The van der Waals surface area contributed by atoms with E-state index >= 15 is 0 Å². The summed E-state index contributed by atoms with van der Waals surface area (Å²) < 4.78 is 76.2. The number of halogens is 5. The Labute approximate surface area is 172 Å². The topological polar surface area (TPSA) is 81.5 Å². The lowest BCUT2D eigenvalue weighted by molar-refractivity contribution is 0.0120. The molecule has 1 atom stereocenters. The number of alkyl halides is 3. The van der Waals surface area contributed by atoms with Gasteiger partial charge in [0.1, 0.15) is 18.5 Å². The van der Waals surface area contributed by atoms with Gasteiger partial charge in [0.2, 0.25) is 0 Å². The zero-order valence-electron chi connectivity index (χ0n) is 16.2. The molecule has 0 spiro atoms. The number of allylic oxidation sites excluding steroid dienone is 5. The van der Waals surface area contributed by atoms with Crippen molar-refractivity contribution in [2.24, 2.45) is 0 Å². The van der Waals surface area contributed by atoms with E-state index in [9.17, 15) is 26.7 Å². The van der Waals surface area contributed by atoms with Gasteiger partial charge < -0.3 is 9.47 Å². The van der Waals surface area contributed by atoms with Gasteiger partial charge in [-0.1, -0.05) is 12.7 Å². The molecule has 0 aromatic carbocycles. The summed E-state index contributed by atoms with van der Waals surface area (Å²) in [5.74, 6) is -3.11. The van der Waals surface area contributed by atoms with E-state index in [1.54, 1.807) is 0 Å². The minimum atomic E-state index is -2.82. The molecular weight excluding hydrogens is 427 g/mol. The number of aromatic nitrogens is 4. The number of nitrogens with one attached hydrogen (secondary N) is 1. The van der Waals surface area contributed by atoms with Crippen molar-refractivity contribution >= 4 is 11.2 Å². The average molecular weight is 446 g/mol. The Morgan fingerprint density at radius 1 is 1.39 bits per heavy atom. The Morgan fingerprint density at radius 3 is 2.77 bits per heavy atom. The van der Waals surface area contributed by atoms with Crippen LogP contribution >= 0.6 is 0 Å². The molecule has 1 aliphatic heterocycles. The lowest BCUT2D eigenvalue weighted by Crippen LogP contribution is -2.21. The average Bonchev–Trinajstić information content (AvgIpc) is 3.15. The maximum atomic E-state index is 14.1. The zero-order chi connectivity index (χ0) is 22.5. The molecule has 12 heteroatoms. The molecule has 2 aromatic heterocycles. The van der Waals surface area contributed by atoms with Crippen LogP contribution in [0.1, 0.15) is 36.6 Å². The predicted octanol–water partition coefficient (Wildman–Crippen LogP) is 3.99. The predicted molar refractivity (Wildman–Crippen MR) is 101 cm³/mol. The lowest BCUT2D eigenvalue weighted by Gasteiger charge is -2.22. The maximum absolute atomic E-state index is 14.1. The van der Waals surface area contributed by atoms with Crippen LogP contribution in [0.4, 0.5) is 22.0 Å². The summed E-state index contributed by atoms with van der Waals surface area (Å²) >= 11 is 0. The van der Waals surface area contributed by atoms with Crippen LogP contribution in [0.3, 0.4) is 0 Å². The monoisotopic (exact) mass is 446 g/mol. The Morgan fingerprint density at radius 2 is 2.16 bits per heavy atom. The van der Waals surface area contributed by atoms with Crippen molar-refractivity contribution in [2.45, 2.75) is 31.8 Å². The van der Waals surface area contributed by atoms with E-state index in [1.807, 2.05) is 0 Å². The van der Waals surface area contributed by atoms with Gasteiger partial charge in [0.25, 0.3) is 12.4 Å². The summed E-state index contributed by atoms with van der Waals surface area (Å²) in [7, 11) is 0. The quantitative estimate of drug-likeness (QED) is 0.490. The van der Waals surface area contributed by atoms with Crippen molar-refractivity contribution in [3.8, 4) is 6.01 Å². The molecule has 3 rings (SSSR count). The van der Waals surface area contributed by atoms with Crippen LogP contribution in [0.5, 0.6) is 6.01 Å². The van der Waals surface area contributed by atoms with Crippen LogP contribution in [-0.2, 0) is 4.74 Å². The highest BCUT2D eigenvalue weighted by molar-refractivity contribution is 5.84. The largest absolute Gasteiger partial charge is 0.459 e. The molecule has 7 nitrogen and oxygen atoms in total. The summed E-state index contributed by atoms with van der Waals surface area (Å²) in [6.45, 7) is 1.30. The highest BCUT2D eigenvalue weighted by Gasteiger charge is 2.28. The zero-order valence-corrected chi connectivity index (χ0v) is 16.2. The molecule has 0 saturated carbocycles. The highest BCUT2D eigenvalue weighted by atomic mass is 19.3. The van der Waals surface area contributed by atoms with Gasteiger partial charge in [0.05, 0.1) is 5.56 Å². The van der Waals surface area contributed by atoms with E-state index in [2.05, 4.69) is 21.6 Å². The van der Waals surface area contributed by atoms with Crippen LogP contribution < -0.4 is 10.4 Å². The summed E-state index contributed by atoms with van der Waals surface area (Å²) in [4.78, 5) is 18.6. The molecule has 168 valence electrons. The molecule has 1 aliphatic rings. The fraction of sp³-hybridized carbons (Fsp3) is 0.421. The Bertz CT molecular complexity index is 1070. The van der Waals surface area contributed by atoms with E-state index in [-0.39, 0.29) is 22.5 Å². The van der Waals surface area contributed by atoms with Crippen LogP contribution in [0.25, 0.3) is 11.2 Å². The Kier molecular flexibility index (Phi) is 7.21. The molecule has 1 fully saturated rings. The van der Waals surface area contributed by atoms with Crippen molar-refractivity contribution in [1.29, 1.82) is 0 Å². The normalized spacial score (nSPS) is 18.4. The first kappa shape index (κ1) is 22.7. The van der Waals surface area contributed by atoms with Gasteiger partial charge in [0, 0.05) is 6.61 Å². The third kappa shape index (κ3) is 5.01. The SMILES string of the molecule is C=C/C(=C\C(F)=C(\F)CF)c1c(C2CCCCO2)nn2c(=O)[nH]c(OCC(F)F)nc12. The standard InChI is InChI=1S/C19H19F5N4O3/c1-2-10(7-11(21)12(22)8-20)15-16(13-5-3-4-6-30-13)27-28-17(15)25-18(26-19(28)29)31-9-14(23)24/h2,7,13-14H,1,3-6,8-9H2,(H,25,26,29)/b10-7+,12-11-. The van der Waals surface area contributed by atoms with E-state index in [4.69, 9.17) is 9.47 Å². The molecule has 2 aromatic rings. The van der Waals surface area contributed by atoms with E-state index in [1.165, 1.54) is 0 Å². The van der Waals surface area contributed by atoms with Gasteiger partial charge in [-0.25, -0.2) is 26.7 Å². The second-order valence-electron chi connectivity index (χ2n) is 6.59. The first-order valence-electron chi connectivity index (χ1n) is 9.35. The fourth-order valence-electron chi connectivity index (χ4n) is 3.12. The Hall–Kier alpha value is -3.02. The smallest absolute Gasteiger partial charge is 0.352 e. The maximum Gasteiger partial charge on any atom is 0.352 e. The molecule has 0 bridgehead atoms. The van der Waals surface area contributed by atoms with Gasteiger partial charge in [-0.15, -0.1) is 0 Å². The molecule has 1 unspecified atom stereocenters. The van der Waals surface area contributed by atoms with Gasteiger partial charge >= 0.3 is 5.69 Å². The van der Waals surface area contributed by atoms with Crippen LogP contribution in [0, 0.1) is 0 Å². The number of nitrogens with zero attached hydrogens (tertiary/aromatic N) is 3. The van der Waals surface area contributed by atoms with Gasteiger partial charge in [-0.2, -0.15) is 14.6 Å². The summed E-state index contributed by atoms with van der Waals surface area (Å²) in [6, 6.07) is -0.510. The number of hydrogen-bond donors (Lipinski definition) is 1. The second-order valence-corrected chi connectivity index (χ2v) is 6.59. The number of rotatable bonds is 8. The van der Waals surface area contributed by atoms with E-state index in [0.29, 0.717) is 19.1 Å². The number of hydrogen-bond acceptors (Lipinski definition) is 5.